The first-order valence-corrected chi connectivity index (χ1v) is 11.2. The molecule has 0 bridgehead atoms. The normalized spacial score (nSPS) is 20.3. The molecule has 2 aromatic rings. The molecule has 33 heavy (non-hydrogen) atoms. The van der Waals surface area contributed by atoms with Crippen LogP contribution in [-0.2, 0) is 14.3 Å². The van der Waals surface area contributed by atoms with Crippen LogP contribution in [0.2, 0.25) is 0 Å². The molecule has 1 aliphatic heterocycles. The summed E-state index contributed by atoms with van der Waals surface area (Å²) in [6.07, 6.45) is 1.71. The Morgan fingerprint density at radius 2 is 1.85 bits per heavy atom. The maximum Gasteiger partial charge on any atom is 0.336 e. The Morgan fingerprint density at radius 3 is 2.55 bits per heavy atom. The Hall–Kier alpha value is -3.41. The summed E-state index contributed by atoms with van der Waals surface area (Å²) < 4.78 is 24.5. The minimum atomic E-state index is -0.580. The van der Waals surface area contributed by atoms with E-state index < -0.39 is 11.9 Å². The number of dihydropyridines is 1. The van der Waals surface area contributed by atoms with Gasteiger partial charge in [-0.15, -0.1) is 0 Å². The molecule has 172 valence electrons. The molecule has 0 fully saturated rings. The third-order valence-corrected chi connectivity index (χ3v) is 6.27. The number of Topliss-reactive ketones (excluding diaryl/α,β-unsaturated/α-hetero) is 1. The van der Waals surface area contributed by atoms with Gasteiger partial charge >= 0.3 is 5.97 Å². The Bertz CT molecular complexity index is 1130. The number of hydrogen-bond acceptors (Lipinski definition) is 5. The largest absolute Gasteiger partial charge is 0.493 e. The van der Waals surface area contributed by atoms with Gasteiger partial charge < -0.3 is 14.8 Å². The first-order valence-electron chi connectivity index (χ1n) is 11.2. The lowest BCUT2D eigenvalue weighted by Gasteiger charge is -2.37. The van der Waals surface area contributed by atoms with Crippen LogP contribution in [0.1, 0.15) is 56.1 Å². The molecule has 6 heteroatoms. The van der Waals surface area contributed by atoms with Gasteiger partial charge in [0, 0.05) is 29.0 Å². The average molecular weight is 450 g/mol. The van der Waals surface area contributed by atoms with Crippen LogP contribution < -0.4 is 10.1 Å². The fourth-order valence-corrected chi connectivity index (χ4v) is 4.76. The molecule has 0 amide bonds. The molecule has 4 rings (SSSR count). The van der Waals surface area contributed by atoms with Crippen LogP contribution in [0.3, 0.4) is 0 Å². The van der Waals surface area contributed by atoms with E-state index in [0.29, 0.717) is 35.6 Å². The van der Waals surface area contributed by atoms with Crippen LogP contribution in [0, 0.1) is 5.82 Å². The minimum Gasteiger partial charge on any atom is -0.493 e. The summed E-state index contributed by atoms with van der Waals surface area (Å²) in [4.78, 5) is 26.4. The summed E-state index contributed by atoms with van der Waals surface area (Å²) >= 11 is 0. The summed E-state index contributed by atoms with van der Waals surface area (Å²) in [7, 11) is 1.34. The zero-order chi connectivity index (χ0) is 23.5. The van der Waals surface area contributed by atoms with Crippen molar-refractivity contribution in [1.82, 2.24) is 5.32 Å². The van der Waals surface area contributed by atoms with Crippen molar-refractivity contribution in [3.05, 3.63) is 88.0 Å². The molecule has 1 N–H and O–H groups in total. The van der Waals surface area contributed by atoms with E-state index in [-0.39, 0.29) is 23.9 Å². The Morgan fingerprint density at radius 1 is 1.12 bits per heavy atom. The van der Waals surface area contributed by atoms with Crippen molar-refractivity contribution in [1.29, 1.82) is 0 Å². The summed E-state index contributed by atoms with van der Waals surface area (Å²) in [6.45, 7) is 4.38. The fourth-order valence-electron chi connectivity index (χ4n) is 4.76. The van der Waals surface area contributed by atoms with Gasteiger partial charge in [0.05, 0.1) is 25.2 Å². The number of ether oxygens (including phenoxy) is 2. The quantitative estimate of drug-likeness (QED) is 0.618. The van der Waals surface area contributed by atoms with E-state index >= 15 is 0 Å². The number of para-hydroxylation sites is 1. The molecule has 0 saturated carbocycles. The van der Waals surface area contributed by atoms with E-state index in [1.54, 1.807) is 12.1 Å². The molecule has 2 aromatic carbocycles. The number of allylic oxidation sites excluding steroid dienone is 3. The van der Waals surface area contributed by atoms with Crippen molar-refractivity contribution in [3.8, 4) is 5.75 Å². The maximum absolute atomic E-state index is 13.6. The highest BCUT2D eigenvalue weighted by atomic mass is 19.1. The molecule has 1 aliphatic carbocycles. The first-order chi connectivity index (χ1) is 15.9. The van der Waals surface area contributed by atoms with Gasteiger partial charge in [-0.25, -0.2) is 9.18 Å². The monoisotopic (exact) mass is 449 g/mol. The van der Waals surface area contributed by atoms with E-state index in [1.807, 2.05) is 38.1 Å². The number of hydrogen-bond donors (Lipinski definition) is 1. The molecule has 2 unspecified atom stereocenters. The van der Waals surface area contributed by atoms with E-state index in [0.717, 1.165) is 23.2 Å². The lowest BCUT2D eigenvalue weighted by molar-refractivity contribution is -0.136. The lowest BCUT2D eigenvalue weighted by Crippen LogP contribution is -2.36. The van der Waals surface area contributed by atoms with Crippen LogP contribution in [0.4, 0.5) is 4.39 Å². The van der Waals surface area contributed by atoms with E-state index in [1.165, 1.54) is 19.2 Å². The van der Waals surface area contributed by atoms with Crippen LogP contribution in [0.15, 0.2) is 71.1 Å². The number of esters is 1. The number of rotatable bonds is 6. The molecule has 0 saturated heterocycles. The third kappa shape index (κ3) is 4.42. The standard InChI is InChI=1S/C27H28FNO4/c1-4-13-33-23-8-6-5-7-20(23)25-24(27(31)32-3)16(2)29-21-14-18(15-22(30)26(21)25)17-9-11-19(28)12-10-17/h5-12,18,25,29H,4,13-15H2,1-3H3. The third-order valence-electron chi connectivity index (χ3n) is 6.27. The zero-order valence-electron chi connectivity index (χ0n) is 19.1. The van der Waals surface area contributed by atoms with E-state index in [9.17, 15) is 14.0 Å². The van der Waals surface area contributed by atoms with Crippen molar-refractivity contribution >= 4 is 11.8 Å². The van der Waals surface area contributed by atoms with Crippen molar-refractivity contribution in [2.24, 2.45) is 0 Å². The SMILES string of the molecule is CCCOc1ccccc1C1C(C(=O)OC)=C(C)NC2=C1C(=O)CC(c1ccc(F)cc1)C2. The van der Waals surface area contributed by atoms with Crippen molar-refractivity contribution in [3.63, 3.8) is 0 Å². The summed E-state index contributed by atoms with van der Waals surface area (Å²) in [5.41, 5.74) is 4.13. The van der Waals surface area contributed by atoms with Crippen molar-refractivity contribution in [2.45, 2.75) is 44.9 Å². The average Bonchev–Trinajstić information content (AvgIpc) is 2.82. The highest BCUT2D eigenvalue weighted by Gasteiger charge is 2.42. The van der Waals surface area contributed by atoms with Gasteiger partial charge in [-0.2, -0.15) is 0 Å². The highest BCUT2D eigenvalue weighted by molar-refractivity contribution is 6.04. The molecule has 1 heterocycles. The lowest BCUT2D eigenvalue weighted by atomic mass is 9.71. The Balaban J connectivity index is 1.81. The van der Waals surface area contributed by atoms with Crippen LogP contribution in [0.5, 0.6) is 5.75 Å². The Kier molecular flexibility index (Phi) is 6.63. The number of carbonyl (C=O) groups excluding carboxylic acids is 2. The molecule has 2 aliphatic rings. The second-order valence-corrected chi connectivity index (χ2v) is 8.45. The van der Waals surface area contributed by atoms with E-state index in [2.05, 4.69) is 5.32 Å². The van der Waals surface area contributed by atoms with Crippen molar-refractivity contribution < 1.29 is 23.5 Å². The zero-order valence-corrected chi connectivity index (χ0v) is 19.1. The molecule has 0 aromatic heterocycles. The summed E-state index contributed by atoms with van der Waals surface area (Å²) in [5, 5.41) is 3.31. The smallest absolute Gasteiger partial charge is 0.336 e. The maximum atomic E-state index is 13.6. The molecular formula is C27H28FNO4. The van der Waals surface area contributed by atoms with Crippen LogP contribution in [-0.4, -0.2) is 25.5 Å². The summed E-state index contributed by atoms with van der Waals surface area (Å²) in [5.74, 6) is -0.812. The number of ketones is 1. The number of nitrogens with one attached hydrogen (secondary N) is 1. The second-order valence-electron chi connectivity index (χ2n) is 8.45. The summed E-state index contributed by atoms with van der Waals surface area (Å²) in [6, 6.07) is 13.8. The van der Waals surface area contributed by atoms with Gasteiger partial charge in [0.2, 0.25) is 0 Å². The molecular weight excluding hydrogens is 421 g/mol. The van der Waals surface area contributed by atoms with Gasteiger partial charge in [0.25, 0.3) is 0 Å². The molecule has 2 atom stereocenters. The number of methoxy groups -OCH3 is 1. The number of benzene rings is 2. The minimum absolute atomic E-state index is 0.0396. The fraction of sp³-hybridized carbons (Fsp3) is 0.333. The predicted molar refractivity (Wildman–Crippen MR) is 123 cm³/mol. The van der Waals surface area contributed by atoms with Gasteiger partial charge in [0.15, 0.2) is 5.78 Å². The van der Waals surface area contributed by atoms with Gasteiger partial charge in [0.1, 0.15) is 11.6 Å². The highest BCUT2D eigenvalue weighted by Crippen LogP contribution is 2.47. The molecule has 5 nitrogen and oxygen atoms in total. The van der Waals surface area contributed by atoms with Gasteiger partial charge in [-0.3, -0.25) is 4.79 Å². The first kappa shape index (κ1) is 22.8. The molecule has 0 spiro atoms. The Labute approximate surface area is 193 Å². The van der Waals surface area contributed by atoms with Crippen molar-refractivity contribution in [2.75, 3.05) is 13.7 Å². The van der Waals surface area contributed by atoms with Crippen LogP contribution >= 0.6 is 0 Å². The number of halogens is 1. The second kappa shape index (κ2) is 9.61. The van der Waals surface area contributed by atoms with Crippen LogP contribution in [0.25, 0.3) is 0 Å². The topological polar surface area (TPSA) is 64.6 Å². The van der Waals surface area contributed by atoms with E-state index in [4.69, 9.17) is 9.47 Å². The van der Waals surface area contributed by atoms with Gasteiger partial charge in [-0.05, 0) is 49.4 Å². The molecule has 0 radical (unpaired) electrons. The van der Waals surface area contributed by atoms with Gasteiger partial charge in [-0.1, -0.05) is 37.3 Å². The predicted octanol–water partition coefficient (Wildman–Crippen LogP) is 5.15. The number of carbonyl (C=O) groups is 2.